The molecule has 10 aromatic rings. The number of hydrogen-bond acceptors (Lipinski definition) is 3. The van der Waals surface area contributed by atoms with Crippen LogP contribution >= 0.6 is 0 Å². The van der Waals surface area contributed by atoms with Gasteiger partial charge in [-0.05, 0) is 73.3 Å². The summed E-state index contributed by atoms with van der Waals surface area (Å²) in [4.78, 5) is 0. The Hall–Kier alpha value is -6.30. The Bertz CT molecular complexity index is 3020. The second kappa shape index (κ2) is 12.1. The second-order valence-electron chi connectivity index (χ2n) is 14.2. The van der Waals surface area contributed by atoms with E-state index < -0.39 is 0 Å². The van der Waals surface area contributed by atoms with Gasteiger partial charge in [-0.1, -0.05) is 158 Å². The average molecular weight is 681 g/mol. The summed E-state index contributed by atoms with van der Waals surface area (Å²) in [6, 6.07) is 66.3. The predicted molar refractivity (Wildman–Crippen MR) is 221 cm³/mol. The van der Waals surface area contributed by atoms with Gasteiger partial charge in [0.25, 0.3) is 0 Å². The van der Waals surface area contributed by atoms with Gasteiger partial charge in [-0.15, -0.1) is 0 Å². The van der Waals surface area contributed by atoms with Crippen LogP contribution in [0.3, 0.4) is 0 Å². The zero-order valence-corrected chi connectivity index (χ0v) is 29.0. The fourth-order valence-corrected chi connectivity index (χ4v) is 8.80. The molecule has 3 atom stereocenters. The van der Waals surface area contributed by atoms with Crippen molar-refractivity contribution < 1.29 is 0 Å². The molecule has 2 heterocycles. The Morgan fingerprint density at radius 2 is 0.925 bits per heavy atom. The van der Waals surface area contributed by atoms with E-state index in [1.54, 1.807) is 0 Å². The van der Waals surface area contributed by atoms with Crippen molar-refractivity contribution in [3.63, 3.8) is 0 Å². The molecule has 0 spiro atoms. The van der Waals surface area contributed by atoms with Crippen LogP contribution in [0.1, 0.15) is 35.2 Å². The molecule has 3 unspecified atom stereocenters. The summed E-state index contributed by atoms with van der Waals surface area (Å²) >= 11 is 0. The monoisotopic (exact) mass is 680 g/mol. The van der Waals surface area contributed by atoms with Crippen LogP contribution in [0.25, 0.3) is 70.6 Å². The minimum absolute atomic E-state index is 0.0561. The smallest absolute Gasteiger partial charge is 0.0865 e. The summed E-state index contributed by atoms with van der Waals surface area (Å²) in [7, 11) is 0. The summed E-state index contributed by atoms with van der Waals surface area (Å²) in [5.41, 5.74) is 7.17. The number of fused-ring (bicyclic) bond motifs is 11. The summed E-state index contributed by atoms with van der Waals surface area (Å²) in [6.07, 6.45) is -0.247. The van der Waals surface area contributed by atoms with Crippen LogP contribution in [-0.4, -0.2) is 4.57 Å². The Kier molecular flexibility index (Phi) is 6.95. The average Bonchev–Trinajstić information content (AvgIpc) is 3.59. The molecule has 1 aliphatic heterocycles. The van der Waals surface area contributed by atoms with E-state index in [-0.39, 0.29) is 18.5 Å². The minimum Gasteiger partial charge on any atom is -0.309 e. The minimum atomic E-state index is -0.118. The molecule has 1 aromatic heterocycles. The molecular weight excluding hydrogens is 645 g/mol. The molecule has 252 valence electrons. The number of nitrogens with one attached hydrogen (secondary N) is 3. The number of nitrogens with zero attached hydrogens (tertiary/aromatic N) is 1. The van der Waals surface area contributed by atoms with Gasteiger partial charge >= 0.3 is 0 Å². The van der Waals surface area contributed by atoms with Gasteiger partial charge in [-0.3, -0.25) is 16.0 Å². The maximum absolute atomic E-state index is 3.94. The van der Waals surface area contributed by atoms with E-state index in [4.69, 9.17) is 0 Å². The normalized spacial score (nSPS) is 17.8. The molecule has 4 nitrogen and oxygen atoms in total. The Morgan fingerprint density at radius 1 is 0.340 bits per heavy atom. The van der Waals surface area contributed by atoms with Gasteiger partial charge in [-0.2, -0.15) is 0 Å². The second-order valence-corrected chi connectivity index (χ2v) is 14.2. The Balaban J connectivity index is 1.12. The Labute approximate surface area is 307 Å². The first-order valence-electron chi connectivity index (χ1n) is 18.5. The highest BCUT2D eigenvalue weighted by Gasteiger charge is 2.30. The largest absolute Gasteiger partial charge is 0.309 e. The van der Waals surface area contributed by atoms with E-state index in [1.165, 1.54) is 81.6 Å². The highest BCUT2D eigenvalue weighted by molar-refractivity contribution is 6.36. The van der Waals surface area contributed by atoms with Gasteiger partial charge in [0.2, 0.25) is 0 Å². The van der Waals surface area contributed by atoms with Crippen LogP contribution in [0.5, 0.6) is 0 Å². The number of para-hydroxylation sites is 1. The van der Waals surface area contributed by atoms with E-state index >= 15 is 0 Å². The predicted octanol–water partition coefficient (Wildman–Crippen LogP) is 11.6. The lowest BCUT2D eigenvalue weighted by atomic mass is 9.93. The summed E-state index contributed by atoms with van der Waals surface area (Å²) in [5, 5.41) is 24.4. The van der Waals surface area contributed by atoms with E-state index in [1.807, 2.05) is 0 Å². The first-order chi connectivity index (χ1) is 26.3. The van der Waals surface area contributed by atoms with Crippen LogP contribution in [0, 0.1) is 0 Å². The quantitative estimate of drug-likeness (QED) is 0.162. The molecule has 0 bridgehead atoms. The van der Waals surface area contributed by atoms with E-state index in [0.717, 1.165) is 5.69 Å². The highest BCUT2D eigenvalue weighted by Crippen LogP contribution is 2.45. The summed E-state index contributed by atoms with van der Waals surface area (Å²) < 4.78 is 2.49. The number of aromatic nitrogens is 1. The first-order valence-corrected chi connectivity index (χ1v) is 18.5. The van der Waals surface area contributed by atoms with Crippen molar-refractivity contribution in [2.75, 3.05) is 0 Å². The van der Waals surface area contributed by atoms with E-state index in [2.05, 4.69) is 203 Å². The summed E-state index contributed by atoms with van der Waals surface area (Å²) in [6.45, 7) is 0. The van der Waals surface area contributed by atoms with E-state index in [9.17, 15) is 0 Å². The van der Waals surface area contributed by atoms with Crippen molar-refractivity contribution in [2.24, 2.45) is 0 Å². The van der Waals surface area contributed by atoms with Crippen molar-refractivity contribution in [3.8, 4) is 5.69 Å². The number of rotatable bonds is 4. The molecule has 0 radical (unpaired) electrons. The third-order valence-corrected chi connectivity index (χ3v) is 11.2. The lowest BCUT2D eigenvalue weighted by Crippen LogP contribution is -2.54. The standard InChI is InChI=1S/C49H36N4/c1-2-15-33(16-3-1)47-50-48(52-49(51-47)36-26-25-31-13-4-5-17-34(31)29-36)35-18-12-19-37(30-35)53-43-24-11-10-23-42(43)45-44-38-20-7-6-14-32(38)27-28-40(44)39-21-8-9-22-41(39)46(45)53/h1-30,47-52H. The van der Waals surface area contributed by atoms with Crippen LogP contribution in [0.2, 0.25) is 0 Å². The summed E-state index contributed by atoms with van der Waals surface area (Å²) in [5.74, 6) is 0. The van der Waals surface area contributed by atoms with Crippen molar-refractivity contribution in [2.45, 2.75) is 18.5 Å². The van der Waals surface area contributed by atoms with Gasteiger partial charge in [0.05, 0.1) is 29.5 Å². The van der Waals surface area contributed by atoms with Gasteiger partial charge in [0.1, 0.15) is 0 Å². The zero-order chi connectivity index (χ0) is 34.9. The molecule has 0 aliphatic carbocycles. The molecule has 0 saturated carbocycles. The third kappa shape index (κ3) is 4.88. The molecule has 4 heteroatoms. The van der Waals surface area contributed by atoms with E-state index in [0.29, 0.717) is 0 Å². The molecule has 53 heavy (non-hydrogen) atoms. The first kappa shape index (κ1) is 30.3. The molecular formula is C49H36N4. The lowest BCUT2D eigenvalue weighted by Gasteiger charge is -2.39. The van der Waals surface area contributed by atoms with Crippen LogP contribution < -0.4 is 16.0 Å². The van der Waals surface area contributed by atoms with Gasteiger partial charge < -0.3 is 4.57 Å². The molecule has 1 aliphatic rings. The fourth-order valence-electron chi connectivity index (χ4n) is 8.80. The van der Waals surface area contributed by atoms with Crippen LogP contribution in [0.4, 0.5) is 0 Å². The number of benzene rings is 9. The number of hydrogen-bond donors (Lipinski definition) is 3. The third-order valence-electron chi connectivity index (χ3n) is 11.2. The molecule has 9 aromatic carbocycles. The van der Waals surface area contributed by atoms with Gasteiger partial charge in [0.15, 0.2) is 0 Å². The molecule has 1 saturated heterocycles. The maximum Gasteiger partial charge on any atom is 0.0865 e. The maximum atomic E-state index is 3.94. The molecule has 11 rings (SSSR count). The fraction of sp³-hybridized carbons (Fsp3) is 0.0612. The van der Waals surface area contributed by atoms with Crippen molar-refractivity contribution >= 4 is 64.9 Å². The van der Waals surface area contributed by atoms with Crippen molar-refractivity contribution in [3.05, 3.63) is 199 Å². The zero-order valence-electron chi connectivity index (χ0n) is 29.0. The molecule has 3 N–H and O–H groups in total. The topological polar surface area (TPSA) is 41.0 Å². The lowest BCUT2D eigenvalue weighted by molar-refractivity contribution is 0.203. The Morgan fingerprint density at radius 3 is 1.74 bits per heavy atom. The van der Waals surface area contributed by atoms with Crippen molar-refractivity contribution in [1.82, 2.24) is 20.5 Å². The van der Waals surface area contributed by atoms with Crippen LogP contribution in [-0.2, 0) is 0 Å². The van der Waals surface area contributed by atoms with Crippen LogP contribution in [0.15, 0.2) is 182 Å². The van der Waals surface area contributed by atoms with Gasteiger partial charge in [-0.25, -0.2) is 0 Å². The SMILES string of the molecule is c1ccc(C2NC(c3cccc(-n4c5ccccc5c5c6c7ccccc7ccc6c6ccccc6c54)c3)NC(c3ccc4ccccc4c3)N2)cc1. The highest BCUT2D eigenvalue weighted by atomic mass is 15.4. The van der Waals surface area contributed by atoms with Crippen molar-refractivity contribution in [1.29, 1.82) is 0 Å². The molecule has 1 fully saturated rings. The van der Waals surface area contributed by atoms with Gasteiger partial charge in [0, 0.05) is 27.2 Å². The molecule has 0 amide bonds.